The van der Waals surface area contributed by atoms with E-state index in [2.05, 4.69) is 10.2 Å². The van der Waals surface area contributed by atoms with Crippen molar-refractivity contribution in [3.63, 3.8) is 0 Å². The normalized spacial score (nSPS) is 10.5. The van der Waals surface area contributed by atoms with Gasteiger partial charge >= 0.3 is 0 Å². The van der Waals surface area contributed by atoms with E-state index >= 15 is 0 Å². The molecule has 0 amide bonds. The van der Waals surface area contributed by atoms with E-state index in [1.807, 2.05) is 35.9 Å². The molecule has 0 aliphatic heterocycles. The first kappa shape index (κ1) is 10.0. The summed E-state index contributed by atoms with van der Waals surface area (Å²) in [5, 5.41) is 7.84. The van der Waals surface area contributed by atoms with Gasteiger partial charge in [-0.15, -0.1) is 22.0 Å². The molecule has 2 aromatic rings. The van der Waals surface area contributed by atoms with Gasteiger partial charge in [0, 0.05) is 17.6 Å². The molecule has 0 saturated carbocycles. The van der Waals surface area contributed by atoms with Crippen LogP contribution in [-0.2, 0) is 12.8 Å². The van der Waals surface area contributed by atoms with Gasteiger partial charge in [-0.25, -0.2) is 0 Å². The van der Waals surface area contributed by atoms with E-state index in [1.54, 1.807) is 18.1 Å². The summed E-state index contributed by atoms with van der Waals surface area (Å²) >= 11 is 1.72. The summed E-state index contributed by atoms with van der Waals surface area (Å²) in [5.41, 5.74) is 6.40. The fourth-order valence-electron chi connectivity index (χ4n) is 1.15. The average molecular weight is 220 g/mol. The smallest absolute Gasteiger partial charge is 0.142 e. The summed E-state index contributed by atoms with van der Waals surface area (Å²) < 4.78 is 1.92. The highest BCUT2D eigenvalue weighted by atomic mass is 32.2. The predicted octanol–water partition coefficient (Wildman–Crippen LogP) is 1.69. The number of hydrogen-bond donors (Lipinski definition) is 1. The maximum absolute atomic E-state index is 5.61. The molecule has 4 nitrogen and oxygen atoms in total. The van der Waals surface area contributed by atoms with Crippen LogP contribution in [0, 0.1) is 0 Å². The van der Waals surface area contributed by atoms with Crippen LogP contribution in [0.4, 0.5) is 5.69 Å². The Morgan fingerprint density at radius 2 is 2.07 bits per heavy atom. The van der Waals surface area contributed by atoms with Gasteiger partial charge in [0.1, 0.15) is 12.2 Å². The Balaban J connectivity index is 1.99. The van der Waals surface area contributed by atoms with E-state index in [4.69, 9.17) is 5.73 Å². The van der Waals surface area contributed by atoms with Crippen LogP contribution in [0.25, 0.3) is 0 Å². The van der Waals surface area contributed by atoms with Gasteiger partial charge in [0.25, 0.3) is 0 Å². The van der Waals surface area contributed by atoms with Crippen molar-refractivity contribution in [3.8, 4) is 0 Å². The van der Waals surface area contributed by atoms with Gasteiger partial charge in [0.05, 0.1) is 5.75 Å². The first-order valence-electron chi connectivity index (χ1n) is 4.57. The molecule has 1 aromatic carbocycles. The summed E-state index contributed by atoms with van der Waals surface area (Å²) in [6.45, 7) is 0. The number of nitrogen functional groups attached to an aromatic ring is 1. The van der Waals surface area contributed by atoms with Crippen molar-refractivity contribution < 1.29 is 0 Å². The zero-order valence-electron chi connectivity index (χ0n) is 8.42. The Kier molecular flexibility index (Phi) is 2.91. The highest BCUT2D eigenvalue weighted by Gasteiger charge is 2.01. The third-order valence-electron chi connectivity index (χ3n) is 2.05. The van der Waals surface area contributed by atoms with Crippen LogP contribution in [0.1, 0.15) is 5.82 Å². The molecule has 0 unspecified atom stereocenters. The van der Waals surface area contributed by atoms with Crippen LogP contribution in [0.2, 0.25) is 0 Å². The maximum atomic E-state index is 5.61. The molecule has 2 rings (SSSR count). The quantitative estimate of drug-likeness (QED) is 0.631. The molecule has 5 heteroatoms. The molecule has 2 N–H and O–H groups in total. The summed E-state index contributed by atoms with van der Waals surface area (Å²) in [5.74, 6) is 1.79. The van der Waals surface area contributed by atoms with Crippen LogP contribution in [0.5, 0.6) is 0 Å². The van der Waals surface area contributed by atoms with Crippen molar-refractivity contribution in [1.82, 2.24) is 14.8 Å². The van der Waals surface area contributed by atoms with Crippen LogP contribution in [0.3, 0.4) is 0 Å². The highest BCUT2D eigenvalue weighted by Crippen LogP contribution is 2.22. The van der Waals surface area contributed by atoms with E-state index in [0.29, 0.717) is 0 Å². The fourth-order valence-corrected chi connectivity index (χ4v) is 2.04. The lowest BCUT2D eigenvalue weighted by molar-refractivity contribution is 0.849. The lowest BCUT2D eigenvalue weighted by atomic mass is 10.3. The lowest BCUT2D eigenvalue weighted by Crippen LogP contribution is -1.94. The maximum Gasteiger partial charge on any atom is 0.142 e. The largest absolute Gasteiger partial charge is 0.399 e. The molecule has 78 valence electrons. The molecule has 1 heterocycles. The first-order valence-corrected chi connectivity index (χ1v) is 5.55. The number of aromatic nitrogens is 3. The first-order chi connectivity index (χ1) is 7.25. The van der Waals surface area contributed by atoms with Crippen LogP contribution in [-0.4, -0.2) is 14.8 Å². The highest BCUT2D eigenvalue weighted by molar-refractivity contribution is 7.98. The van der Waals surface area contributed by atoms with Gasteiger partial charge in [-0.05, 0) is 24.3 Å². The number of nitrogens with two attached hydrogens (primary N) is 1. The molecule has 0 saturated heterocycles. The molecule has 1 aromatic heterocycles. The van der Waals surface area contributed by atoms with Crippen molar-refractivity contribution in [2.75, 3.05) is 5.73 Å². The molecule has 0 aliphatic carbocycles. The Labute approximate surface area is 92.5 Å². The molecule has 0 radical (unpaired) electrons. The number of aryl methyl sites for hydroxylation is 1. The second-order valence-corrected chi connectivity index (χ2v) is 4.26. The molecule has 0 atom stereocenters. The van der Waals surface area contributed by atoms with Gasteiger partial charge in [-0.1, -0.05) is 0 Å². The molecular formula is C10H12N4S. The van der Waals surface area contributed by atoms with Crippen molar-refractivity contribution in [2.24, 2.45) is 7.05 Å². The number of anilines is 1. The fraction of sp³-hybridized carbons (Fsp3) is 0.200. The monoisotopic (exact) mass is 220 g/mol. The number of thioether (sulfide) groups is 1. The van der Waals surface area contributed by atoms with Crippen LogP contribution < -0.4 is 5.73 Å². The topological polar surface area (TPSA) is 56.7 Å². The summed E-state index contributed by atoms with van der Waals surface area (Å²) in [4.78, 5) is 1.19. The van der Waals surface area contributed by atoms with E-state index < -0.39 is 0 Å². The molecule has 0 aliphatic rings. The van der Waals surface area contributed by atoms with Crippen molar-refractivity contribution in [3.05, 3.63) is 36.4 Å². The van der Waals surface area contributed by atoms with E-state index in [0.717, 1.165) is 17.3 Å². The van der Waals surface area contributed by atoms with Gasteiger partial charge < -0.3 is 10.3 Å². The summed E-state index contributed by atoms with van der Waals surface area (Å²) in [6.07, 6.45) is 1.71. The van der Waals surface area contributed by atoms with E-state index in [1.165, 1.54) is 4.90 Å². The second-order valence-electron chi connectivity index (χ2n) is 3.22. The Hall–Kier alpha value is -1.49. The zero-order chi connectivity index (χ0) is 10.7. The molecule has 0 fully saturated rings. The van der Waals surface area contributed by atoms with Crippen LogP contribution in [0.15, 0.2) is 35.5 Å². The molecule has 0 bridgehead atoms. The van der Waals surface area contributed by atoms with Gasteiger partial charge in [-0.2, -0.15) is 0 Å². The Bertz CT molecular complexity index is 435. The Morgan fingerprint density at radius 3 is 2.67 bits per heavy atom. The van der Waals surface area contributed by atoms with E-state index in [-0.39, 0.29) is 0 Å². The second kappa shape index (κ2) is 4.35. The SMILES string of the molecule is Cn1cnnc1CSc1ccc(N)cc1. The van der Waals surface area contributed by atoms with Crippen molar-refractivity contribution >= 4 is 17.4 Å². The Morgan fingerprint density at radius 1 is 1.33 bits per heavy atom. The van der Waals surface area contributed by atoms with Gasteiger partial charge in [0.15, 0.2) is 0 Å². The minimum atomic E-state index is 0.790. The standard InChI is InChI=1S/C10H12N4S/c1-14-7-12-13-10(14)6-15-9-4-2-8(11)3-5-9/h2-5,7H,6,11H2,1H3. The lowest BCUT2D eigenvalue weighted by Gasteiger charge is -2.01. The minimum absolute atomic E-state index is 0.790. The summed E-state index contributed by atoms with van der Waals surface area (Å²) in [6, 6.07) is 7.82. The third kappa shape index (κ3) is 2.50. The molecular weight excluding hydrogens is 208 g/mol. The number of rotatable bonds is 3. The minimum Gasteiger partial charge on any atom is -0.399 e. The number of hydrogen-bond acceptors (Lipinski definition) is 4. The van der Waals surface area contributed by atoms with Crippen molar-refractivity contribution in [2.45, 2.75) is 10.6 Å². The average Bonchev–Trinajstić information content (AvgIpc) is 2.63. The zero-order valence-corrected chi connectivity index (χ0v) is 9.24. The predicted molar refractivity (Wildman–Crippen MR) is 61.4 cm³/mol. The van der Waals surface area contributed by atoms with Gasteiger partial charge in [-0.3, -0.25) is 0 Å². The third-order valence-corrected chi connectivity index (χ3v) is 3.06. The molecule has 15 heavy (non-hydrogen) atoms. The van der Waals surface area contributed by atoms with Crippen LogP contribution >= 0.6 is 11.8 Å². The van der Waals surface area contributed by atoms with Gasteiger partial charge in [0.2, 0.25) is 0 Å². The van der Waals surface area contributed by atoms with Crippen molar-refractivity contribution in [1.29, 1.82) is 0 Å². The number of benzene rings is 1. The van der Waals surface area contributed by atoms with E-state index in [9.17, 15) is 0 Å². The number of nitrogens with zero attached hydrogens (tertiary/aromatic N) is 3. The summed E-state index contributed by atoms with van der Waals surface area (Å²) in [7, 11) is 1.94. The molecule has 0 spiro atoms.